The van der Waals surface area contributed by atoms with Gasteiger partial charge in [0.25, 0.3) is 0 Å². The molecule has 0 saturated carbocycles. The van der Waals surface area contributed by atoms with Crippen LogP contribution in [0.15, 0.2) is 24.3 Å². The largest absolute Gasteiger partial charge is 0.491 e. The Labute approximate surface area is 103 Å². The van der Waals surface area contributed by atoms with E-state index < -0.39 is 6.10 Å². The Morgan fingerprint density at radius 2 is 2.12 bits per heavy atom. The molecule has 1 heterocycles. The maximum Gasteiger partial charge on any atom is 0.119 e. The number of likely N-dealkylation sites (tertiary alicyclic amines) is 1. The van der Waals surface area contributed by atoms with Crippen LogP contribution < -0.4 is 4.74 Å². The third kappa shape index (κ3) is 4.02. The van der Waals surface area contributed by atoms with Crippen molar-refractivity contribution in [1.82, 2.24) is 4.90 Å². The lowest BCUT2D eigenvalue weighted by Crippen LogP contribution is -2.33. The molecule has 1 fully saturated rings. The summed E-state index contributed by atoms with van der Waals surface area (Å²) in [5.74, 6) is 0.838. The lowest BCUT2D eigenvalue weighted by Gasteiger charge is -2.19. The van der Waals surface area contributed by atoms with Gasteiger partial charge >= 0.3 is 0 Å². The number of aliphatic hydroxyl groups is 1. The van der Waals surface area contributed by atoms with E-state index in [2.05, 4.69) is 4.90 Å². The molecule has 0 aromatic heterocycles. The Hall–Kier alpha value is -1.06. The molecule has 1 aliphatic heterocycles. The predicted octanol–water partition coefficient (Wildman–Crippen LogP) is 1.83. The predicted molar refractivity (Wildman–Crippen MR) is 68.4 cm³/mol. The van der Waals surface area contributed by atoms with Crippen LogP contribution in [0.3, 0.4) is 0 Å². The number of hydrogen-bond donors (Lipinski definition) is 1. The number of ether oxygens (including phenoxy) is 1. The molecule has 0 amide bonds. The zero-order chi connectivity index (χ0) is 12.1. The average molecular weight is 235 g/mol. The van der Waals surface area contributed by atoms with Crippen molar-refractivity contribution in [3.05, 3.63) is 29.8 Å². The number of aliphatic hydroxyl groups excluding tert-OH is 1. The van der Waals surface area contributed by atoms with E-state index in [0.717, 1.165) is 25.4 Å². The highest BCUT2D eigenvalue weighted by atomic mass is 16.5. The van der Waals surface area contributed by atoms with Crippen LogP contribution in [0.4, 0.5) is 0 Å². The molecule has 0 unspecified atom stereocenters. The summed E-state index contributed by atoms with van der Waals surface area (Å²) in [5.41, 5.74) is 1.18. The van der Waals surface area contributed by atoms with Crippen LogP contribution in [-0.2, 0) is 0 Å². The standard InChI is InChI=1S/C14H21NO2/c1-12-5-4-6-14(9-12)17-11-13(16)10-15-7-2-3-8-15/h4-6,9,13,16H,2-3,7-8,10-11H2,1H3/t13-/m0/s1. The maximum atomic E-state index is 9.87. The summed E-state index contributed by atoms with van der Waals surface area (Å²) in [6, 6.07) is 7.92. The van der Waals surface area contributed by atoms with Crippen LogP contribution >= 0.6 is 0 Å². The van der Waals surface area contributed by atoms with Crippen LogP contribution in [0.2, 0.25) is 0 Å². The number of benzene rings is 1. The van der Waals surface area contributed by atoms with Crippen molar-refractivity contribution in [2.45, 2.75) is 25.9 Å². The molecular weight excluding hydrogens is 214 g/mol. The summed E-state index contributed by atoms with van der Waals surface area (Å²) < 4.78 is 5.58. The molecule has 1 saturated heterocycles. The van der Waals surface area contributed by atoms with Gasteiger partial charge in [-0.25, -0.2) is 0 Å². The van der Waals surface area contributed by atoms with Gasteiger partial charge in [0.05, 0.1) is 0 Å². The molecule has 0 spiro atoms. The summed E-state index contributed by atoms with van der Waals surface area (Å²) in [6.07, 6.45) is 2.12. The van der Waals surface area contributed by atoms with Gasteiger partial charge in [-0.15, -0.1) is 0 Å². The van der Waals surface area contributed by atoms with Crippen molar-refractivity contribution in [2.24, 2.45) is 0 Å². The Kier molecular flexibility index (Phi) is 4.40. The molecular formula is C14H21NO2. The highest BCUT2D eigenvalue weighted by molar-refractivity contribution is 5.27. The van der Waals surface area contributed by atoms with Crippen LogP contribution in [0.25, 0.3) is 0 Å². The fraction of sp³-hybridized carbons (Fsp3) is 0.571. The normalized spacial score (nSPS) is 18.2. The third-order valence-corrected chi connectivity index (χ3v) is 3.10. The quantitative estimate of drug-likeness (QED) is 0.845. The van der Waals surface area contributed by atoms with Crippen LogP contribution in [0.1, 0.15) is 18.4 Å². The van der Waals surface area contributed by atoms with Gasteiger partial charge in [0.15, 0.2) is 0 Å². The lowest BCUT2D eigenvalue weighted by atomic mass is 10.2. The molecule has 2 rings (SSSR count). The minimum Gasteiger partial charge on any atom is -0.491 e. The van der Waals surface area contributed by atoms with Crippen molar-refractivity contribution < 1.29 is 9.84 Å². The summed E-state index contributed by atoms with van der Waals surface area (Å²) in [5, 5.41) is 9.87. The first-order chi connectivity index (χ1) is 8.24. The number of nitrogens with zero attached hydrogens (tertiary/aromatic N) is 1. The van der Waals surface area contributed by atoms with E-state index in [1.807, 2.05) is 31.2 Å². The van der Waals surface area contributed by atoms with E-state index in [1.54, 1.807) is 0 Å². The minimum absolute atomic E-state index is 0.375. The van der Waals surface area contributed by atoms with Gasteiger partial charge in [-0.2, -0.15) is 0 Å². The Morgan fingerprint density at radius 1 is 1.35 bits per heavy atom. The van der Waals surface area contributed by atoms with Crippen molar-refractivity contribution in [1.29, 1.82) is 0 Å². The number of hydrogen-bond acceptors (Lipinski definition) is 3. The first kappa shape index (κ1) is 12.4. The molecule has 1 atom stereocenters. The molecule has 1 aliphatic rings. The zero-order valence-corrected chi connectivity index (χ0v) is 10.4. The first-order valence-electron chi connectivity index (χ1n) is 6.34. The van der Waals surface area contributed by atoms with Gasteiger partial charge in [0.2, 0.25) is 0 Å². The van der Waals surface area contributed by atoms with Crippen molar-refractivity contribution in [3.8, 4) is 5.75 Å². The molecule has 1 aromatic carbocycles. The second-order valence-corrected chi connectivity index (χ2v) is 4.79. The van der Waals surface area contributed by atoms with E-state index in [0.29, 0.717) is 6.61 Å². The minimum atomic E-state index is -0.395. The zero-order valence-electron chi connectivity index (χ0n) is 10.4. The smallest absolute Gasteiger partial charge is 0.119 e. The second-order valence-electron chi connectivity index (χ2n) is 4.79. The molecule has 0 aliphatic carbocycles. The van der Waals surface area contributed by atoms with Crippen molar-refractivity contribution in [3.63, 3.8) is 0 Å². The maximum absolute atomic E-state index is 9.87. The van der Waals surface area contributed by atoms with Gasteiger partial charge in [-0.1, -0.05) is 12.1 Å². The van der Waals surface area contributed by atoms with Gasteiger partial charge in [0, 0.05) is 6.54 Å². The lowest BCUT2D eigenvalue weighted by molar-refractivity contribution is 0.0758. The van der Waals surface area contributed by atoms with E-state index in [-0.39, 0.29) is 0 Å². The van der Waals surface area contributed by atoms with Gasteiger partial charge < -0.3 is 14.7 Å². The molecule has 0 bridgehead atoms. The highest BCUT2D eigenvalue weighted by Crippen LogP contribution is 2.13. The summed E-state index contributed by atoms with van der Waals surface area (Å²) in [7, 11) is 0. The monoisotopic (exact) mass is 235 g/mol. The second kappa shape index (κ2) is 6.03. The van der Waals surface area contributed by atoms with E-state index >= 15 is 0 Å². The van der Waals surface area contributed by atoms with Crippen LogP contribution in [0.5, 0.6) is 5.75 Å². The SMILES string of the molecule is Cc1cccc(OC[C@@H](O)CN2CCCC2)c1. The van der Waals surface area contributed by atoms with Crippen LogP contribution in [-0.4, -0.2) is 42.4 Å². The van der Waals surface area contributed by atoms with Crippen LogP contribution in [0, 0.1) is 6.92 Å². The molecule has 0 radical (unpaired) electrons. The molecule has 17 heavy (non-hydrogen) atoms. The van der Waals surface area contributed by atoms with E-state index in [1.165, 1.54) is 18.4 Å². The summed E-state index contributed by atoms with van der Waals surface area (Å²) >= 11 is 0. The fourth-order valence-electron chi connectivity index (χ4n) is 2.21. The first-order valence-corrected chi connectivity index (χ1v) is 6.34. The number of β-amino-alcohol motifs (C(OH)–C–C–N with tert-alkyl or cyclic N) is 1. The number of aryl methyl sites for hydroxylation is 1. The Morgan fingerprint density at radius 3 is 2.82 bits per heavy atom. The number of rotatable bonds is 5. The Bertz CT molecular complexity index is 348. The van der Waals surface area contributed by atoms with E-state index in [9.17, 15) is 5.11 Å². The van der Waals surface area contributed by atoms with E-state index in [4.69, 9.17) is 4.74 Å². The van der Waals surface area contributed by atoms with Gasteiger partial charge in [-0.05, 0) is 50.6 Å². The Balaban J connectivity index is 1.73. The topological polar surface area (TPSA) is 32.7 Å². The van der Waals surface area contributed by atoms with Crippen molar-refractivity contribution in [2.75, 3.05) is 26.2 Å². The summed E-state index contributed by atoms with van der Waals surface area (Å²) in [6.45, 7) is 5.36. The molecule has 3 heteroatoms. The highest BCUT2D eigenvalue weighted by Gasteiger charge is 2.15. The van der Waals surface area contributed by atoms with Crippen molar-refractivity contribution >= 4 is 0 Å². The molecule has 3 nitrogen and oxygen atoms in total. The molecule has 1 N–H and O–H groups in total. The van der Waals surface area contributed by atoms with Gasteiger partial charge in [0.1, 0.15) is 18.5 Å². The fourth-order valence-corrected chi connectivity index (χ4v) is 2.21. The summed E-state index contributed by atoms with van der Waals surface area (Å²) in [4.78, 5) is 2.30. The van der Waals surface area contributed by atoms with Gasteiger partial charge in [-0.3, -0.25) is 0 Å². The average Bonchev–Trinajstić information content (AvgIpc) is 2.79. The molecule has 1 aromatic rings. The molecule has 94 valence electrons. The third-order valence-electron chi connectivity index (χ3n) is 3.10.